The van der Waals surface area contributed by atoms with Gasteiger partial charge in [-0.1, -0.05) is 25.3 Å². The van der Waals surface area contributed by atoms with Crippen LogP contribution in [0.3, 0.4) is 0 Å². The number of hydrogen-bond donors (Lipinski definition) is 2. The van der Waals surface area contributed by atoms with Crippen molar-refractivity contribution < 1.29 is 9.13 Å². The summed E-state index contributed by atoms with van der Waals surface area (Å²) in [7, 11) is 1.45. The first-order valence-electron chi connectivity index (χ1n) is 7.08. The van der Waals surface area contributed by atoms with Gasteiger partial charge in [-0.15, -0.1) is 0 Å². The summed E-state index contributed by atoms with van der Waals surface area (Å²) < 4.78 is 18.4. The molecule has 0 amide bonds. The normalized spacial score (nSPS) is 17.0. The third-order valence-corrected chi connectivity index (χ3v) is 3.61. The predicted molar refractivity (Wildman–Crippen MR) is 78.3 cm³/mol. The zero-order valence-electron chi connectivity index (χ0n) is 11.9. The van der Waals surface area contributed by atoms with Crippen LogP contribution in [0.4, 0.5) is 4.39 Å². The van der Waals surface area contributed by atoms with Gasteiger partial charge in [0.25, 0.3) is 0 Å². The van der Waals surface area contributed by atoms with Crippen molar-refractivity contribution in [3.8, 4) is 5.75 Å². The SMILES string of the molecule is COc1ccc(CN=C(N)NC2CCCCC2)cc1F. The number of hydrogen-bond acceptors (Lipinski definition) is 2. The molecule has 5 heteroatoms. The summed E-state index contributed by atoms with van der Waals surface area (Å²) in [4.78, 5) is 4.26. The lowest BCUT2D eigenvalue weighted by Gasteiger charge is -2.23. The van der Waals surface area contributed by atoms with E-state index in [-0.39, 0.29) is 11.6 Å². The van der Waals surface area contributed by atoms with Gasteiger partial charge in [-0.05, 0) is 30.5 Å². The van der Waals surface area contributed by atoms with Gasteiger partial charge in [0.15, 0.2) is 17.5 Å². The Morgan fingerprint density at radius 1 is 1.40 bits per heavy atom. The lowest BCUT2D eigenvalue weighted by atomic mass is 9.96. The van der Waals surface area contributed by atoms with Crippen LogP contribution in [0.2, 0.25) is 0 Å². The van der Waals surface area contributed by atoms with Crippen LogP contribution in [-0.4, -0.2) is 19.1 Å². The van der Waals surface area contributed by atoms with Crippen LogP contribution >= 0.6 is 0 Å². The first-order valence-corrected chi connectivity index (χ1v) is 7.08. The summed E-state index contributed by atoms with van der Waals surface area (Å²) in [6, 6.07) is 5.25. The van der Waals surface area contributed by atoms with Crippen LogP contribution in [0.5, 0.6) is 5.75 Å². The fourth-order valence-electron chi connectivity index (χ4n) is 2.49. The van der Waals surface area contributed by atoms with Gasteiger partial charge in [0, 0.05) is 6.04 Å². The standard InChI is InChI=1S/C15H22FN3O/c1-20-14-8-7-11(9-13(14)16)10-18-15(17)19-12-5-3-2-4-6-12/h7-9,12H,2-6,10H2,1H3,(H3,17,18,19). The Hall–Kier alpha value is -1.78. The Morgan fingerprint density at radius 2 is 2.15 bits per heavy atom. The molecule has 1 saturated carbocycles. The maximum atomic E-state index is 13.5. The Labute approximate surface area is 119 Å². The maximum absolute atomic E-state index is 13.5. The summed E-state index contributed by atoms with van der Waals surface area (Å²) in [5.74, 6) is 0.304. The highest BCUT2D eigenvalue weighted by Gasteiger charge is 2.13. The second kappa shape index (κ2) is 7.12. The summed E-state index contributed by atoms with van der Waals surface area (Å²) in [6.45, 7) is 0.368. The molecular weight excluding hydrogens is 257 g/mol. The van der Waals surface area contributed by atoms with Crippen LogP contribution < -0.4 is 15.8 Å². The number of halogens is 1. The molecule has 1 aromatic carbocycles. The molecule has 0 radical (unpaired) electrons. The van der Waals surface area contributed by atoms with E-state index in [9.17, 15) is 4.39 Å². The van der Waals surface area contributed by atoms with Crippen LogP contribution in [0, 0.1) is 5.82 Å². The van der Waals surface area contributed by atoms with E-state index in [0.717, 1.165) is 18.4 Å². The van der Waals surface area contributed by atoms with Gasteiger partial charge in [0.1, 0.15) is 0 Å². The van der Waals surface area contributed by atoms with E-state index < -0.39 is 0 Å². The van der Waals surface area contributed by atoms with Gasteiger partial charge in [0.05, 0.1) is 13.7 Å². The minimum atomic E-state index is -0.376. The number of aliphatic imine (C=N–C) groups is 1. The van der Waals surface area contributed by atoms with Crippen LogP contribution in [0.1, 0.15) is 37.7 Å². The summed E-state index contributed by atoms with van der Waals surface area (Å²) in [6.07, 6.45) is 6.09. The van der Waals surface area contributed by atoms with Gasteiger partial charge < -0.3 is 15.8 Å². The van der Waals surface area contributed by atoms with E-state index >= 15 is 0 Å². The molecular formula is C15H22FN3O. The lowest BCUT2D eigenvalue weighted by molar-refractivity contribution is 0.386. The van der Waals surface area contributed by atoms with Crippen LogP contribution in [0.15, 0.2) is 23.2 Å². The first kappa shape index (κ1) is 14.6. The number of nitrogens with zero attached hydrogens (tertiary/aromatic N) is 1. The average molecular weight is 279 g/mol. The number of methoxy groups -OCH3 is 1. The molecule has 0 heterocycles. The fraction of sp³-hybridized carbons (Fsp3) is 0.533. The number of benzene rings is 1. The highest BCUT2D eigenvalue weighted by atomic mass is 19.1. The topological polar surface area (TPSA) is 59.6 Å². The second-order valence-electron chi connectivity index (χ2n) is 5.15. The summed E-state index contributed by atoms with van der Waals surface area (Å²) in [5, 5.41) is 3.24. The third-order valence-electron chi connectivity index (χ3n) is 3.61. The van der Waals surface area contributed by atoms with Gasteiger partial charge in [-0.3, -0.25) is 0 Å². The predicted octanol–water partition coefficient (Wildman–Crippen LogP) is 2.57. The zero-order valence-corrected chi connectivity index (χ0v) is 11.9. The molecule has 1 aliphatic rings. The Bertz CT molecular complexity index is 470. The minimum absolute atomic E-state index is 0.242. The molecule has 3 N–H and O–H groups in total. The molecule has 4 nitrogen and oxygen atoms in total. The monoisotopic (exact) mass is 279 g/mol. The number of guanidine groups is 1. The fourth-order valence-corrected chi connectivity index (χ4v) is 2.49. The van der Waals surface area contributed by atoms with Crippen LogP contribution in [-0.2, 0) is 6.54 Å². The lowest BCUT2D eigenvalue weighted by Crippen LogP contribution is -2.41. The molecule has 2 rings (SSSR count). The maximum Gasteiger partial charge on any atom is 0.189 e. The highest BCUT2D eigenvalue weighted by molar-refractivity contribution is 5.78. The Balaban J connectivity index is 1.89. The van der Waals surface area contributed by atoms with Crippen molar-refractivity contribution in [3.63, 3.8) is 0 Å². The van der Waals surface area contributed by atoms with Gasteiger partial charge in [0.2, 0.25) is 0 Å². The Morgan fingerprint density at radius 3 is 2.80 bits per heavy atom. The van der Waals surface area contributed by atoms with E-state index in [1.54, 1.807) is 12.1 Å². The quantitative estimate of drug-likeness (QED) is 0.658. The zero-order chi connectivity index (χ0) is 14.4. The molecule has 0 saturated heterocycles. The van der Waals surface area contributed by atoms with Crippen molar-refractivity contribution in [3.05, 3.63) is 29.6 Å². The van der Waals surface area contributed by atoms with Crippen molar-refractivity contribution >= 4 is 5.96 Å². The molecule has 1 aliphatic carbocycles. The van der Waals surface area contributed by atoms with Crippen molar-refractivity contribution in [2.24, 2.45) is 10.7 Å². The number of nitrogens with two attached hydrogens (primary N) is 1. The molecule has 1 aromatic rings. The summed E-state index contributed by atoms with van der Waals surface area (Å²) >= 11 is 0. The number of rotatable bonds is 4. The van der Waals surface area contributed by atoms with Crippen molar-refractivity contribution in [1.82, 2.24) is 5.32 Å². The smallest absolute Gasteiger partial charge is 0.189 e. The molecule has 0 unspecified atom stereocenters. The van der Waals surface area contributed by atoms with Gasteiger partial charge in [-0.25, -0.2) is 9.38 Å². The second-order valence-corrected chi connectivity index (χ2v) is 5.15. The molecule has 0 aliphatic heterocycles. The minimum Gasteiger partial charge on any atom is -0.494 e. The molecule has 110 valence electrons. The Kier molecular flexibility index (Phi) is 5.21. The summed E-state index contributed by atoms with van der Waals surface area (Å²) in [5.41, 5.74) is 6.64. The van der Waals surface area contributed by atoms with Crippen molar-refractivity contribution in [2.45, 2.75) is 44.7 Å². The molecule has 20 heavy (non-hydrogen) atoms. The molecule has 1 fully saturated rings. The van der Waals surface area contributed by atoms with E-state index in [0.29, 0.717) is 18.5 Å². The van der Waals surface area contributed by atoms with E-state index in [1.807, 2.05) is 0 Å². The molecule has 0 atom stereocenters. The third kappa shape index (κ3) is 4.11. The number of ether oxygens (including phenoxy) is 1. The van der Waals surface area contributed by atoms with Crippen molar-refractivity contribution in [1.29, 1.82) is 0 Å². The van der Waals surface area contributed by atoms with Crippen LogP contribution in [0.25, 0.3) is 0 Å². The molecule has 0 aromatic heterocycles. The molecule has 0 spiro atoms. The molecule has 0 bridgehead atoms. The van der Waals surface area contributed by atoms with E-state index in [2.05, 4.69) is 10.3 Å². The van der Waals surface area contributed by atoms with E-state index in [4.69, 9.17) is 10.5 Å². The van der Waals surface area contributed by atoms with Gasteiger partial charge in [-0.2, -0.15) is 0 Å². The highest BCUT2D eigenvalue weighted by Crippen LogP contribution is 2.18. The van der Waals surface area contributed by atoms with Gasteiger partial charge >= 0.3 is 0 Å². The first-order chi connectivity index (χ1) is 9.69. The van der Waals surface area contributed by atoms with Crippen molar-refractivity contribution in [2.75, 3.05) is 7.11 Å². The van der Waals surface area contributed by atoms with E-state index in [1.165, 1.54) is 32.4 Å². The number of nitrogens with one attached hydrogen (secondary N) is 1. The largest absolute Gasteiger partial charge is 0.494 e. The average Bonchev–Trinajstić information content (AvgIpc) is 2.46.